The second-order valence-corrected chi connectivity index (χ2v) is 8.00. The number of aromatic nitrogens is 1. The van der Waals surface area contributed by atoms with Crippen molar-refractivity contribution in [2.75, 3.05) is 25.0 Å². The van der Waals surface area contributed by atoms with E-state index in [1.165, 1.54) is 0 Å². The smallest absolute Gasteiger partial charge is 0.188 e. The van der Waals surface area contributed by atoms with Gasteiger partial charge in [0.25, 0.3) is 0 Å². The molecule has 1 aromatic carbocycles. The van der Waals surface area contributed by atoms with Crippen LogP contribution in [0.15, 0.2) is 47.1 Å². The van der Waals surface area contributed by atoms with Crippen LogP contribution in [0.4, 0.5) is 5.82 Å². The maximum atomic E-state index is 13.6. The average Bonchev–Trinajstić information content (AvgIpc) is 2.69. The van der Waals surface area contributed by atoms with Crippen molar-refractivity contribution < 1.29 is 9.53 Å². The predicted octanol–water partition coefficient (Wildman–Crippen LogP) is 4.30. The summed E-state index contributed by atoms with van der Waals surface area (Å²) in [5.74, 6) is 2.03. The first-order chi connectivity index (χ1) is 13.0. The zero-order valence-corrected chi connectivity index (χ0v) is 17.4. The first-order valence-corrected chi connectivity index (χ1v) is 10.2. The van der Waals surface area contributed by atoms with Crippen molar-refractivity contribution in [2.24, 2.45) is 5.92 Å². The van der Waals surface area contributed by atoms with Crippen molar-refractivity contribution in [3.63, 3.8) is 0 Å². The number of ketones is 1. The van der Waals surface area contributed by atoms with Crippen LogP contribution in [0.5, 0.6) is 5.75 Å². The number of rotatable bonds is 7. The molecule has 27 heavy (non-hydrogen) atoms. The number of para-hydroxylation sites is 1. The number of nitrogens with one attached hydrogen (secondary N) is 2. The molecule has 5 nitrogen and oxygen atoms in total. The van der Waals surface area contributed by atoms with Gasteiger partial charge in [0.2, 0.25) is 0 Å². The van der Waals surface area contributed by atoms with Crippen molar-refractivity contribution in [1.29, 1.82) is 0 Å². The summed E-state index contributed by atoms with van der Waals surface area (Å²) in [5, 5.41) is 6.87. The number of hydrogen-bond donors (Lipinski definition) is 2. The van der Waals surface area contributed by atoms with Crippen molar-refractivity contribution in [1.82, 2.24) is 10.3 Å². The second kappa shape index (κ2) is 8.85. The number of ether oxygens (including phenoxy) is 1. The van der Waals surface area contributed by atoms with Gasteiger partial charge in [-0.05, 0) is 72.4 Å². The summed E-state index contributed by atoms with van der Waals surface area (Å²) in [5.41, 5.74) is -0.0407. The van der Waals surface area contributed by atoms with E-state index < -0.39 is 5.54 Å². The Kier molecular flexibility index (Phi) is 6.50. The highest BCUT2D eigenvalue weighted by atomic mass is 79.9. The Labute approximate surface area is 169 Å². The third kappa shape index (κ3) is 4.68. The number of carbonyl (C=O) groups excluding carboxylic acids is 1. The van der Waals surface area contributed by atoms with Crippen molar-refractivity contribution in [3.8, 4) is 5.75 Å². The lowest BCUT2D eigenvalue weighted by Crippen LogP contribution is -2.60. The van der Waals surface area contributed by atoms with Gasteiger partial charge in [0.15, 0.2) is 5.78 Å². The molecular formula is C21H26BrN3O2. The lowest BCUT2D eigenvalue weighted by molar-refractivity contribution is 0.0803. The monoisotopic (exact) mass is 431 g/mol. The molecule has 0 amide bonds. The summed E-state index contributed by atoms with van der Waals surface area (Å²) < 4.78 is 6.63. The Bertz CT molecular complexity index is 771. The number of anilines is 1. The van der Waals surface area contributed by atoms with Crippen LogP contribution in [0, 0.1) is 5.92 Å². The number of Topliss-reactive ketones (excluding diaryl/α,β-unsaturated/α-hetero) is 1. The molecule has 0 bridgehead atoms. The zero-order valence-electron chi connectivity index (χ0n) is 15.8. The van der Waals surface area contributed by atoms with Gasteiger partial charge < -0.3 is 15.4 Å². The summed E-state index contributed by atoms with van der Waals surface area (Å²) >= 11 is 3.40. The van der Waals surface area contributed by atoms with E-state index in [9.17, 15) is 4.79 Å². The molecule has 1 fully saturated rings. The largest absolute Gasteiger partial charge is 0.493 e. The third-order valence-electron chi connectivity index (χ3n) is 5.02. The van der Waals surface area contributed by atoms with E-state index >= 15 is 0 Å². The van der Waals surface area contributed by atoms with Crippen molar-refractivity contribution >= 4 is 27.5 Å². The second-order valence-electron chi connectivity index (χ2n) is 7.08. The van der Waals surface area contributed by atoms with Gasteiger partial charge in [-0.3, -0.25) is 4.79 Å². The molecular weight excluding hydrogens is 406 g/mol. The topological polar surface area (TPSA) is 63.2 Å². The van der Waals surface area contributed by atoms with E-state index in [-0.39, 0.29) is 5.78 Å². The first kappa shape index (κ1) is 19.8. The normalized spacial score (nSPS) is 22.3. The van der Waals surface area contributed by atoms with Crippen LogP contribution in [0.3, 0.4) is 0 Å². The van der Waals surface area contributed by atoms with E-state index in [0.29, 0.717) is 30.4 Å². The summed E-state index contributed by atoms with van der Waals surface area (Å²) in [7, 11) is 0. The molecule has 2 N–H and O–H groups in total. The quantitative estimate of drug-likeness (QED) is 0.639. The molecule has 1 aromatic heterocycles. The fraction of sp³-hybridized carbons (Fsp3) is 0.429. The minimum atomic E-state index is -0.672. The number of hydrogen-bond acceptors (Lipinski definition) is 5. The number of piperidine rings is 1. The van der Waals surface area contributed by atoms with Crippen molar-refractivity contribution in [3.05, 3.63) is 52.6 Å². The van der Waals surface area contributed by atoms with E-state index in [1.807, 2.05) is 43.3 Å². The molecule has 6 heteroatoms. The molecule has 0 aliphatic carbocycles. The Morgan fingerprint density at radius 1 is 1.37 bits per heavy atom. The Balaban J connectivity index is 1.86. The average molecular weight is 432 g/mol. The van der Waals surface area contributed by atoms with Crippen LogP contribution in [0.1, 0.15) is 37.0 Å². The van der Waals surface area contributed by atoms with Gasteiger partial charge >= 0.3 is 0 Å². The summed E-state index contributed by atoms with van der Waals surface area (Å²) in [6.45, 7) is 5.96. The molecule has 1 aliphatic rings. The molecule has 1 saturated heterocycles. The molecule has 2 heterocycles. The fourth-order valence-electron chi connectivity index (χ4n) is 3.39. The van der Waals surface area contributed by atoms with Gasteiger partial charge in [0.05, 0.1) is 17.7 Å². The lowest BCUT2D eigenvalue weighted by Gasteiger charge is -2.39. The van der Waals surface area contributed by atoms with E-state index in [2.05, 4.69) is 38.5 Å². The summed E-state index contributed by atoms with van der Waals surface area (Å²) in [6, 6.07) is 11.3. The van der Waals surface area contributed by atoms with Crippen LogP contribution in [-0.2, 0) is 0 Å². The minimum Gasteiger partial charge on any atom is -0.493 e. The van der Waals surface area contributed by atoms with Gasteiger partial charge in [-0.25, -0.2) is 4.98 Å². The number of benzene rings is 1. The van der Waals surface area contributed by atoms with E-state index in [0.717, 1.165) is 29.7 Å². The molecule has 1 aliphatic heterocycles. The number of carbonyl (C=O) groups is 1. The molecule has 2 atom stereocenters. The highest BCUT2D eigenvalue weighted by Crippen LogP contribution is 2.30. The third-order valence-corrected chi connectivity index (χ3v) is 5.49. The van der Waals surface area contributed by atoms with Crippen LogP contribution in [-0.4, -0.2) is 36.0 Å². The molecule has 0 radical (unpaired) electrons. The number of nitrogens with zero attached hydrogens (tertiary/aromatic N) is 1. The van der Waals surface area contributed by atoms with E-state index in [4.69, 9.17) is 4.74 Å². The number of pyridine rings is 1. The predicted molar refractivity (Wildman–Crippen MR) is 111 cm³/mol. The van der Waals surface area contributed by atoms with Crippen LogP contribution < -0.4 is 15.4 Å². The molecule has 0 unspecified atom stereocenters. The highest BCUT2D eigenvalue weighted by Gasteiger charge is 2.42. The molecule has 0 spiro atoms. The lowest BCUT2D eigenvalue weighted by atomic mass is 9.79. The number of halogens is 1. The van der Waals surface area contributed by atoms with Crippen LogP contribution >= 0.6 is 15.9 Å². The SMILES string of the molecule is CCOc1ccccc1C(=O)[C@@]1(CNc2ccc(Br)cn2)CC[C@H](C)CN1. The molecule has 2 aromatic rings. The zero-order chi connectivity index (χ0) is 19.3. The van der Waals surface area contributed by atoms with Gasteiger partial charge in [-0.1, -0.05) is 19.1 Å². The van der Waals surface area contributed by atoms with Gasteiger partial charge in [0.1, 0.15) is 11.6 Å². The van der Waals surface area contributed by atoms with Gasteiger partial charge in [0, 0.05) is 17.2 Å². The van der Waals surface area contributed by atoms with E-state index in [1.54, 1.807) is 6.20 Å². The Hall–Kier alpha value is -1.92. The van der Waals surface area contributed by atoms with Gasteiger partial charge in [-0.15, -0.1) is 0 Å². The summed E-state index contributed by atoms with van der Waals surface area (Å²) in [4.78, 5) is 18.0. The van der Waals surface area contributed by atoms with Crippen LogP contribution in [0.2, 0.25) is 0 Å². The first-order valence-electron chi connectivity index (χ1n) is 9.41. The molecule has 3 rings (SSSR count). The van der Waals surface area contributed by atoms with Crippen LogP contribution in [0.25, 0.3) is 0 Å². The maximum absolute atomic E-state index is 13.6. The van der Waals surface area contributed by atoms with Crippen molar-refractivity contribution in [2.45, 2.75) is 32.2 Å². The highest BCUT2D eigenvalue weighted by molar-refractivity contribution is 9.10. The maximum Gasteiger partial charge on any atom is 0.188 e. The Morgan fingerprint density at radius 2 is 2.19 bits per heavy atom. The molecule has 0 saturated carbocycles. The molecule has 144 valence electrons. The summed E-state index contributed by atoms with van der Waals surface area (Å²) in [6.07, 6.45) is 3.53. The Morgan fingerprint density at radius 3 is 2.85 bits per heavy atom. The minimum absolute atomic E-state index is 0.0723. The van der Waals surface area contributed by atoms with Gasteiger partial charge in [-0.2, -0.15) is 0 Å². The standard InChI is InChI=1S/C21H26BrN3O2/c1-3-27-18-7-5-4-6-17(18)20(26)21(11-10-15(2)12-25-21)14-24-19-9-8-16(22)13-23-19/h4-9,13,15,25H,3,10-12,14H2,1-2H3,(H,23,24)/t15-,21-/m0/s1. The fourth-order valence-corrected chi connectivity index (χ4v) is 3.63.